The summed E-state index contributed by atoms with van der Waals surface area (Å²) in [5.74, 6) is 0. The second kappa shape index (κ2) is 3.55. The maximum atomic E-state index is 3.52. The van der Waals surface area contributed by atoms with E-state index in [1.165, 1.54) is 13.1 Å². The van der Waals surface area contributed by atoms with Crippen molar-refractivity contribution < 1.29 is 0 Å². The summed E-state index contributed by atoms with van der Waals surface area (Å²) in [4.78, 5) is 2.53. The van der Waals surface area contributed by atoms with Crippen LogP contribution in [-0.2, 0) is 0 Å². The van der Waals surface area contributed by atoms with Crippen molar-refractivity contribution in [1.29, 1.82) is 0 Å². The summed E-state index contributed by atoms with van der Waals surface area (Å²) >= 11 is 0. The molecule has 0 unspecified atom stereocenters. The van der Waals surface area contributed by atoms with Crippen LogP contribution in [0.4, 0.5) is 0 Å². The van der Waals surface area contributed by atoms with E-state index in [1.807, 2.05) is 0 Å². The standard InChI is InChI=1S/C9H20N2/c1-7(2)11-5-8(3)10-9(4)6-11/h7-10H,5-6H2,1-4H3/t8-,9+. The van der Waals surface area contributed by atoms with Crippen LogP contribution in [0.3, 0.4) is 0 Å². The van der Waals surface area contributed by atoms with Crippen LogP contribution in [0.5, 0.6) is 0 Å². The van der Waals surface area contributed by atoms with Crippen molar-refractivity contribution in [2.75, 3.05) is 13.1 Å². The van der Waals surface area contributed by atoms with Gasteiger partial charge in [-0.15, -0.1) is 0 Å². The zero-order valence-electron chi connectivity index (χ0n) is 8.09. The molecule has 2 nitrogen and oxygen atoms in total. The number of rotatable bonds is 1. The molecule has 0 bridgehead atoms. The number of piperazine rings is 1. The van der Waals surface area contributed by atoms with Crippen molar-refractivity contribution in [2.24, 2.45) is 0 Å². The van der Waals surface area contributed by atoms with Crippen molar-refractivity contribution in [2.45, 2.75) is 45.8 Å². The fourth-order valence-electron chi connectivity index (χ4n) is 1.79. The van der Waals surface area contributed by atoms with Gasteiger partial charge in [-0.25, -0.2) is 0 Å². The summed E-state index contributed by atoms with van der Waals surface area (Å²) in [6, 6.07) is 2.00. The van der Waals surface area contributed by atoms with E-state index in [4.69, 9.17) is 0 Å². The van der Waals surface area contributed by atoms with E-state index in [-0.39, 0.29) is 0 Å². The molecule has 0 aromatic carbocycles. The van der Waals surface area contributed by atoms with Crippen molar-refractivity contribution >= 4 is 0 Å². The van der Waals surface area contributed by atoms with Crippen LogP contribution in [0.1, 0.15) is 27.7 Å². The topological polar surface area (TPSA) is 15.3 Å². The van der Waals surface area contributed by atoms with Gasteiger partial charge in [0.2, 0.25) is 0 Å². The molecule has 1 heterocycles. The molecule has 0 aromatic heterocycles. The SMILES string of the molecule is CC(C)N1C[C@@H](C)N[C@@H](C)C1. The summed E-state index contributed by atoms with van der Waals surface area (Å²) in [5.41, 5.74) is 0. The molecule has 1 N–H and O–H groups in total. The average molecular weight is 156 g/mol. The molecule has 1 fully saturated rings. The molecular formula is C9H20N2. The van der Waals surface area contributed by atoms with Gasteiger partial charge in [0.15, 0.2) is 0 Å². The highest BCUT2D eigenvalue weighted by Crippen LogP contribution is 2.07. The van der Waals surface area contributed by atoms with Crippen LogP contribution >= 0.6 is 0 Å². The van der Waals surface area contributed by atoms with Gasteiger partial charge in [-0.2, -0.15) is 0 Å². The lowest BCUT2D eigenvalue weighted by atomic mass is 10.1. The van der Waals surface area contributed by atoms with Crippen LogP contribution in [0.15, 0.2) is 0 Å². The Morgan fingerprint density at radius 1 is 1.18 bits per heavy atom. The lowest BCUT2D eigenvalue weighted by molar-refractivity contribution is 0.139. The second-order valence-electron chi connectivity index (χ2n) is 4.02. The first-order chi connectivity index (χ1) is 5.09. The maximum Gasteiger partial charge on any atom is 0.0169 e. The van der Waals surface area contributed by atoms with Crippen LogP contribution in [0, 0.1) is 0 Å². The second-order valence-corrected chi connectivity index (χ2v) is 4.02. The molecule has 1 aliphatic heterocycles. The molecule has 66 valence electrons. The minimum absolute atomic E-state index is 0.654. The molecule has 0 spiro atoms. The smallest absolute Gasteiger partial charge is 0.0169 e. The molecule has 1 saturated heterocycles. The molecule has 1 aliphatic rings. The fraction of sp³-hybridized carbons (Fsp3) is 1.00. The minimum Gasteiger partial charge on any atom is -0.309 e. The Morgan fingerprint density at radius 3 is 2.00 bits per heavy atom. The molecule has 0 aliphatic carbocycles. The fourth-order valence-corrected chi connectivity index (χ4v) is 1.79. The summed E-state index contributed by atoms with van der Waals surface area (Å²) < 4.78 is 0. The maximum absolute atomic E-state index is 3.52. The zero-order valence-corrected chi connectivity index (χ0v) is 8.09. The van der Waals surface area contributed by atoms with Crippen molar-refractivity contribution in [3.8, 4) is 0 Å². The molecule has 11 heavy (non-hydrogen) atoms. The molecular weight excluding hydrogens is 136 g/mol. The summed E-state index contributed by atoms with van der Waals surface area (Å²) in [6.45, 7) is 11.4. The number of hydrogen-bond acceptors (Lipinski definition) is 2. The molecule has 0 amide bonds. The third-order valence-electron chi connectivity index (χ3n) is 2.32. The summed E-state index contributed by atoms with van der Waals surface area (Å²) in [7, 11) is 0. The molecule has 1 rings (SSSR count). The normalized spacial score (nSPS) is 34.6. The molecule has 0 aromatic rings. The Kier molecular flexibility index (Phi) is 2.90. The van der Waals surface area contributed by atoms with E-state index in [1.54, 1.807) is 0 Å². The van der Waals surface area contributed by atoms with E-state index in [0.717, 1.165) is 0 Å². The Bertz CT molecular complexity index is 113. The van der Waals surface area contributed by atoms with Gasteiger partial charge in [0, 0.05) is 31.2 Å². The zero-order chi connectivity index (χ0) is 8.43. The predicted octanol–water partition coefficient (Wildman–Crippen LogP) is 1.08. The number of nitrogens with one attached hydrogen (secondary N) is 1. The monoisotopic (exact) mass is 156 g/mol. The van der Waals surface area contributed by atoms with Gasteiger partial charge in [-0.1, -0.05) is 0 Å². The Morgan fingerprint density at radius 2 is 1.64 bits per heavy atom. The lowest BCUT2D eigenvalue weighted by Gasteiger charge is -2.38. The highest BCUT2D eigenvalue weighted by Gasteiger charge is 2.21. The third-order valence-corrected chi connectivity index (χ3v) is 2.32. The Hall–Kier alpha value is -0.0800. The minimum atomic E-state index is 0.654. The van der Waals surface area contributed by atoms with Gasteiger partial charge in [0.1, 0.15) is 0 Å². The molecule has 0 radical (unpaired) electrons. The highest BCUT2D eigenvalue weighted by molar-refractivity contribution is 4.82. The Labute approximate surface area is 70.0 Å². The summed E-state index contributed by atoms with van der Waals surface area (Å²) in [5, 5.41) is 3.52. The van der Waals surface area contributed by atoms with Gasteiger partial charge in [0.05, 0.1) is 0 Å². The number of hydrogen-bond donors (Lipinski definition) is 1. The van der Waals surface area contributed by atoms with Gasteiger partial charge < -0.3 is 5.32 Å². The lowest BCUT2D eigenvalue weighted by Crippen LogP contribution is -2.55. The summed E-state index contributed by atoms with van der Waals surface area (Å²) in [6.07, 6.45) is 0. The van der Waals surface area contributed by atoms with E-state index in [2.05, 4.69) is 37.9 Å². The van der Waals surface area contributed by atoms with Crippen molar-refractivity contribution in [3.63, 3.8) is 0 Å². The predicted molar refractivity (Wildman–Crippen MR) is 48.8 cm³/mol. The van der Waals surface area contributed by atoms with Crippen LogP contribution in [-0.4, -0.2) is 36.1 Å². The van der Waals surface area contributed by atoms with E-state index >= 15 is 0 Å². The number of nitrogens with zero attached hydrogens (tertiary/aromatic N) is 1. The first-order valence-electron chi connectivity index (χ1n) is 4.59. The van der Waals surface area contributed by atoms with Crippen LogP contribution in [0.25, 0.3) is 0 Å². The van der Waals surface area contributed by atoms with Gasteiger partial charge >= 0.3 is 0 Å². The van der Waals surface area contributed by atoms with Crippen LogP contribution < -0.4 is 5.32 Å². The van der Waals surface area contributed by atoms with Gasteiger partial charge in [-0.05, 0) is 27.7 Å². The Balaban J connectivity index is 2.43. The van der Waals surface area contributed by atoms with Gasteiger partial charge in [0.25, 0.3) is 0 Å². The molecule has 2 heteroatoms. The first kappa shape index (κ1) is 9.01. The molecule has 0 saturated carbocycles. The third kappa shape index (κ3) is 2.46. The first-order valence-corrected chi connectivity index (χ1v) is 4.59. The molecule has 2 atom stereocenters. The van der Waals surface area contributed by atoms with E-state index < -0.39 is 0 Å². The van der Waals surface area contributed by atoms with E-state index in [9.17, 15) is 0 Å². The highest BCUT2D eigenvalue weighted by atomic mass is 15.2. The van der Waals surface area contributed by atoms with Gasteiger partial charge in [-0.3, -0.25) is 4.90 Å². The van der Waals surface area contributed by atoms with Crippen molar-refractivity contribution in [3.05, 3.63) is 0 Å². The quantitative estimate of drug-likeness (QED) is 0.611. The van der Waals surface area contributed by atoms with E-state index in [0.29, 0.717) is 18.1 Å². The van der Waals surface area contributed by atoms with Crippen molar-refractivity contribution in [1.82, 2.24) is 10.2 Å². The average Bonchev–Trinajstić information content (AvgIpc) is 1.85. The van der Waals surface area contributed by atoms with Crippen LogP contribution in [0.2, 0.25) is 0 Å². The largest absolute Gasteiger partial charge is 0.309 e.